The van der Waals surface area contributed by atoms with E-state index in [1.165, 1.54) is 29.0 Å². The summed E-state index contributed by atoms with van der Waals surface area (Å²) in [6.45, 7) is 3.09. The summed E-state index contributed by atoms with van der Waals surface area (Å²) in [4.78, 5) is 44.5. The smallest absolute Gasteiger partial charge is 0.310 e. The third-order valence-corrected chi connectivity index (χ3v) is 6.46. The van der Waals surface area contributed by atoms with Crippen molar-refractivity contribution in [3.63, 3.8) is 0 Å². The molecule has 1 aliphatic heterocycles. The summed E-state index contributed by atoms with van der Waals surface area (Å²) in [6.07, 6.45) is 5.97. The maximum atomic E-state index is 13.0. The lowest BCUT2D eigenvalue weighted by molar-refractivity contribution is -0.151. The summed E-state index contributed by atoms with van der Waals surface area (Å²) in [5.41, 5.74) is 4.28. The van der Waals surface area contributed by atoms with Gasteiger partial charge in [0, 0.05) is 42.3 Å². The van der Waals surface area contributed by atoms with E-state index in [-0.39, 0.29) is 30.2 Å². The molecule has 1 aliphatic carbocycles. The number of aromatic nitrogens is 1. The van der Waals surface area contributed by atoms with Crippen LogP contribution in [0.4, 0.5) is 0 Å². The molecular formula is C24H31N3O4. The van der Waals surface area contributed by atoms with Crippen LogP contribution in [0.5, 0.6) is 0 Å². The van der Waals surface area contributed by atoms with Crippen molar-refractivity contribution in [2.75, 3.05) is 33.3 Å². The van der Waals surface area contributed by atoms with Gasteiger partial charge in [-0.1, -0.05) is 0 Å². The Hall–Kier alpha value is -2.83. The molecule has 7 heteroatoms. The highest BCUT2D eigenvalue weighted by Gasteiger charge is 2.30. The maximum absolute atomic E-state index is 13.0. The van der Waals surface area contributed by atoms with E-state index in [4.69, 9.17) is 4.74 Å². The van der Waals surface area contributed by atoms with Crippen LogP contribution in [-0.4, -0.2) is 65.9 Å². The van der Waals surface area contributed by atoms with Crippen molar-refractivity contribution in [3.8, 4) is 0 Å². The zero-order chi connectivity index (χ0) is 22.0. The van der Waals surface area contributed by atoms with Gasteiger partial charge in [-0.3, -0.25) is 14.4 Å². The Labute approximate surface area is 182 Å². The number of esters is 1. The number of hydrogen-bond donors (Lipinski definition) is 1. The highest BCUT2D eigenvalue weighted by atomic mass is 16.5. The minimum Gasteiger partial charge on any atom is -0.466 e. The second-order valence-corrected chi connectivity index (χ2v) is 8.64. The third-order valence-electron chi connectivity index (χ3n) is 6.46. The lowest BCUT2D eigenvalue weighted by Gasteiger charge is -2.32. The molecular weight excluding hydrogens is 394 g/mol. The van der Waals surface area contributed by atoms with Crippen LogP contribution >= 0.6 is 0 Å². The molecule has 166 valence electrons. The molecule has 31 heavy (non-hydrogen) atoms. The van der Waals surface area contributed by atoms with Gasteiger partial charge in [0.1, 0.15) is 0 Å². The van der Waals surface area contributed by atoms with Gasteiger partial charge in [-0.25, -0.2) is 0 Å². The molecule has 1 aromatic carbocycles. The second-order valence-electron chi connectivity index (χ2n) is 8.64. The largest absolute Gasteiger partial charge is 0.466 e. The number of hydrogen-bond acceptors (Lipinski definition) is 4. The first-order valence-electron chi connectivity index (χ1n) is 11.3. The number of nitrogens with one attached hydrogen (secondary N) is 1. The van der Waals surface area contributed by atoms with Gasteiger partial charge in [0.05, 0.1) is 19.1 Å². The number of aromatic amines is 1. The number of likely N-dealkylation sites (N-methyl/N-ethyl adjacent to an activating group) is 1. The molecule has 1 saturated heterocycles. The van der Waals surface area contributed by atoms with Gasteiger partial charge in [-0.15, -0.1) is 0 Å². The van der Waals surface area contributed by atoms with Crippen molar-refractivity contribution >= 4 is 28.7 Å². The standard InChI is InChI=1S/C24H31N3O4/c1-3-31-24(30)17-7-6-12-27(14-17)22(28)15-26(2)23(29)16-10-11-21-19(13-16)18-8-4-5-9-20(18)25-21/h10-11,13,17,25H,3-9,12,14-15H2,1-2H3. The van der Waals surface area contributed by atoms with E-state index in [1.54, 1.807) is 18.9 Å². The van der Waals surface area contributed by atoms with Crippen LogP contribution in [0.1, 0.15) is 54.2 Å². The van der Waals surface area contributed by atoms with Gasteiger partial charge in [-0.05, 0) is 69.2 Å². The monoisotopic (exact) mass is 425 g/mol. The van der Waals surface area contributed by atoms with Crippen LogP contribution in [0.3, 0.4) is 0 Å². The Balaban J connectivity index is 1.42. The van der Waals surface area contributed by atoms with Crippen LogP contribution in [0.25, 0.3) is 10.9 Å². The number of carbonyl (C=O) groups is 3. The van der Waals surface area contributed by atoms with Gasteiger partial charge >= 0.3 is 5.97 Å². The van der Waals surface area contributed by atoms with Gasteiger partial charge < -0.3 is 19.5 Å². The Morgan fingerprint density at radius 3 is 2.81 bits per heavy atom. The third kappa shape index (κ3) is 4.45. The summed E-state index contributed by atoms with van der Waals surface area (Å²) >= 11 is 0. The lowest BCUT2D eigenvalue weighted by atomic mass is 9.95. The van der Waals surface area contributed by atoms with Crippen molar-refractivity contribution in [3.05, 3.63) is 35.0 Å². The summed E-state index contributed by atoms with van der Waals surface area (Å²) in [7, 11) is 1.66. The van der Waals surface area contributed by atoms with Crippen molar-refractivity contribution in [1.29, 1.82) is 0 Å². The van der Waals surface area contributed by atoms with E-state index in [2.05, 4.69) is 4.98 Å². The van der Waals surface area contributed by atoms with Crippen LogP contribution in [0.2, 0.25) is 0 Å². The van der Waals surface area contributed by atoms with E-state index in [9.17, 15) is 14.4 Å². The fraction of sp³-hybridized carbons (Fsp3) is 0.542. The first-order valence-corrected chi connectivity index (χ1v) is 11.3. The van der Waals surface area contributed by atoms with Crippen molar-refractivity contribution in [2.45, 2.75) is 45.4 Å². The predicted octanol–water partition coefficient (Wildman–Crippen LogP) is 2.92. The number of likely N-dealkylation sites (tertiary alicyclic amines) is 1. The van der Waals surface area contributed by atoms with Crippen LogP contribution in [-0.2, 0) is 27.2 Å². The molecule has 0 bridgehead atoms. The van der Waals surface area contributed by atoms with E-state index in [1.807, 2.05) is 18.2 Å². The number of aryl methyl sites for hydroxylation is 2. The number of rotatable bonds is 5. The Morgan fingerprint density at radius 2 is 2.00 bits per heavy atom. The summed E-state index contributed by atoms with van der Waals surface area (Å²) in [5, 5.41) is 1.12. The van der Waals surface area contributed by atoms with Gasteiger partial charge in [0.2, 0.25) is 5.91 Å². The first kappa shape index (κ1) is 21.4. The molecule has 7 nitrogen and oxygen atoms in total. The molecule has 1 atom stereocenters. The van der Waals surface area contributed by atoms with Gasteiger partial charge in [0.15, 0.2) is 0 Å². The van der Waals surface area contributed by atoms with Crippen LogP contribution in [0.15, 0.2) is 18.2 Å². The predicted molar refractivity (Wildman–Crippen MR) is 118 cm³/mol. The summed E-state index contributed by atoms with van der Waals surface area (Å²) < 4.78 is 5.11. The molecule has 1 fully saturated rings. The van der Waals surface area contributed by atoms with E-state index in [0.717, 1.165) is 36.6 Å². The van der Waals surface area contributed by atoms with Crippen molar-refractivity contribution < 1.29 is 19.1 Å². The molecule has 2 aromatic rings. The maximum Gasteiger partial charge on any atom is 0.310 e. The number of carbonyl (C=O) groups excluding carboxylic acids is 3. The number of fused-ring (bicyclic) bond motifs is 3. The molecule has 1 N–H and O–H groups in total. The normalized spacial score (nSPS) is 18.5. The molecule has 1 aromatic heterocycles. The van der Waals surface area contributed by atoms with Crippen LogP contribution in [0, 0.1) is 5.92 Å². The number of benzene rings is 1. The second kappa shape index (κ2) is 9.12. The number of H-pyrrole nitrogens is 1. The van der Waals surface area contributed by atoms with E-state index < -0.39 is 0 Å². The summed E-state index contributed by atoms with van der Waals surface area (Å²) in [6, 6.07) is 5.74. The molecule has 0 spiro atoms. The molecule has 2 heterocycles. The Kier molecular flexibility index (Phi) is 6.30. The molecule has 2 amide bonds. The molecule has 0 saturated carbocycles. The van der Waals surface area contributed by atoms with Gasteiger partial charge in [0.25, 0.3) is 5.91 Å². The highest BCUT2D eigenvalue weighted by Crippen LogP contribution is 2.30. The Morgan fingerprint density at radius 1 is 1.19 bits per heavy atom. The van der Waals surface area contributed by atoms with Crippen molar-refractivity contribution in [2.24, 2.45) is 5.92 Å². The zero-order valence-electron chi connectivity index (χ0n) is 18.4. The molecule has 0 radical (unpaired) electrons. The SMILES string of the molecule is CCOC(=O)C1CCCN(C(=O)CN(C)C(=O)c2ccc3[nH]c4c(c3c2)CCCC4)C1. The van der Waals surface area contributed by atoms with E-state index in [0.29, 0.717) is 25.3 Å². The Bertz CT molecular complexity index is 996. The number of ether oxygens (including phenoxy) is 1. The number of amides is 2. The molecule has 1 unspecified atom stereocenters. The number of piperidine rings is 1. The average molecular weight is 426 g/mol. The topological polar surface area (TPSA) is 82.7 Å². The molecule has 4 rings (SSSR count). The first-order chi connectivity index (χ1) is 15.0. The minimum atomic E-state index is -0.277. The fourth-order valence-corrected chi connectivity index (χ4v) is 4.79. The quantitative estimate of drug-likeness (QED) is 0.747. The van der Waals surface area contributed by atoms with E-state index >= 15 is 0 Å². The average Bonchev–Trinajstić information content (AvgIpc) is 3.16. The molecule has 2 aliphatic rings. The van der Waals surface area contributed by atoms with Crippen molar-refractivity contribution in [1.82, 2.24) is 14.8 Å². The summed E-state index contributed by atoms with van der Waals surface area (Å²) in [5.74, 6) is -0.821. The van der Waals surface area contributed by atoms with Crippen LogP contribution < -0.4 is 0 Å². The highest BCUT2D eigenvalue weighted by molar-refractivity contribution is 6.00. The zero-order valence-corrected chi connectivity index (χ0v) is 18.4. The van der Waals surface area contributed by atoms with Gasteiger partial charge in [-0.2, -0.15) is 0 Å². The lowest BCUT2D eigenvalue weighted by Crippen LogP contribution is -2.47. The number of nitrogens with zero attached hydrogens (tertiary/aromatic N) is 2. The minimum absolute atomic E-state index is 0.00232. The fourth-order valence-electron chi connectivity index (χ4n) is 4.79.